The lowest BCUT2D eigenvalue weighted by molar-refractivity contribution is 0.457. The summed E-state index contributed by atoms with van der Waals surface area (Å²) in [6, 6.07) is 7.72. The Morgan fingerprint density at radius 3 is 2.35 bits per heavy atom. The lowest BCUT2D eigenvalue weighted by atomic mass is 9.94. The molecule has 1 aromatic carbocycles. The third-order valence-corrected chi connectivity index (χ3v) is 3.46. The van der Waals surface area contributed by atoms with E-state index in [1.165, 1.54) is 44.9 Å². The van der Waals surface area contributed by atoms with Crippen LogP contribution in [0.5, 0.6) is 5.75 Å². The van der Waals surface area contributed by atoms with E-state index in [-0.39, 0.29) is 0 Å². The minimum absolute atomic E-state index is 0.450. The minimum Gasteiger partial charge on any atom is -0.508 e. The molecular weight excluding hydrogens is 208 g/mol. The average molecular weight is 234 g/mol. The van der Waals surface area contributed by atoms with Gasteiger partial charge in [-0.2, -0.15) is 0 Å². The molecule has 0 fully saturated rings. The summed E-state index contributed by atoms with van der Waals surface area (Å²) in [5, 5.41) is 9.75. The van der Waals surface area contributed by atoms with Gasteiger partial charge in [0.1, 0.15) is 5.75 Å². The van der Waals surface area contributed by atoms with Crippen molar-refractivity contribution in [3.8, 4) is 5.75 Å². The van der Waals surface area contributed by atoms with Crippen LogP contribution in [0.3, 0.4) is 0 Å². The molecule has 0 bridgehead atoms. The second-order valence-electron chi connectivity index (χ2n) is 5.02. The van der Waals surface area contributed by atoms with Gasteiger partial charge in [0.15, 0.2) is 0 Å². The summed E-state index contributed by atoms with van der Waals surface area (Å²) in [6.07, 6.45) is 9.22. The van der Waals surface area contributed by atoms with Gasteiger partial charge in [-0.25, -0.2) is 0 Å². The molecule has 17 heavy (non-hydrogen) atoms. The maximum atomic E-state index is 9.75. The summed E-state index contributed by atoms with van der Waals surface area (Å²) < 4.78 is 0. The third-order valence-electron chi connectivity index (χ3n) is 3.46. The molecule has 1 unspecified atom stereocenters. The summed E-state index contributed by atoms with van der Waals surface area (Å²) in [6.45, 7) is 4.46. The van der Waals surface area contributed by atoms with Crippen LogP contribution in [-0.4, -0.2) is 5.11 Å². The Morgan fingerprint density at radius 1 is 1.00 bits per heavy atom. The summed E-state index contributed by atoms with van der Waals surface area (Å²) >= 11 is 0. The largest absolute Gasteiger partial charge is 0.508 e. The zero-order valence-electron chi connectivity index (χ0n) is 11.3. The maximum Gasteiger partial charge on any atom is 0.119 e. The fourth-order valence-corrected chi connectivity index (χ4v) is 2.29. The second-order valence-corrected chi connectivity index (χ2v) is 5.02. The molecule has 1 nitrogen and oxygen atoms in total. The molecule has 0 saturated carbocycles. The maximum absolute atomic E-state index is 9.75. The Kier molecular flexibility index (Phi) is 6.76. The Bertz CT molecular complexity index is 306. The predicted octanol–water partition coefficient (Wildman–Crippen LogP) is 5.25. The number of aromatic hydroxyl groups is 1. The fraction of sp³-hybridized carbons (Fsp3) is 0.625. The topological polar surface area (TPSA) is 20.2 Å². The van der Waals surface area contributed by atoms with Gasteiger partial charge < -0.3 is 5.11 Å². The standard InChI is InChI=1S/C16H26O/c1-3-4-5-6-7-8-11-14(2)15-12-9-10-13-16(15)17/h9-10,12-14,17H,3-8,11H2,1-2H3. The molecule has 1 N–H and O–H groups in total. The Balaban J connectivity index is 2.21. The smallest absolute Gasteiger partial charge is 0.119 e. The molecule has 0 aliphatic rings. The molecule has 0 aromatic heterocycles. The van der Waals surface area contributed by atoms with Crippen LogP contribution in [0.15, 0.2) is 24.3 Å². The first kappa shape index (κ1) is 14.1. The van der Waals surface area contributed by atoms with E-state index in [2.05, 4.69) is 13.8 Å². The van der Waals surface area contributed by atoms with Crippen molar-refractivity contribution in [3.05, 3.63) is 29.8 Å². The minimum atomic E-state index is 0.450. The molecule has 1 atom stereocenters. The summed E-state index contributed by atoms with van der Waals surface area (Å²) in [7, 11) is 0. The lowest BCUT2D eigenvalue weighted by Gasteiger charge is -2.13. The average Bonchev–Trinajstić information content (AvgIpc) is 2.34. The molecule has 0 saturated heterocycles. The van der Waals surface area contributed by atoms with Crippen molar-refractivity contribution in [2.75, 3.05) is 0 Å². The number of hydrogen-bond acceptors (Lipinski definition) is 1. The van der Waals surface area contributed by atoms with Crippen molar-refractivity contribution in [1.29, 1.82) is 0 Å². The van der Waals surface area contributed by atoms with Gasteiger partial charge in [-0.3, -0.25) is 0 Å². The van der Waals surface area contributed by atoms with Crippen molar-refractivity contribution in [3.63, 3.8) is 0 Å². The van der Waals surface area contributed by atoms with E-state index in [9.17, 15) is 5.11 Å². The molecule has 1 rings (SSSR count). The van der Waals surface area contributed by atoms with E-state index in [1.54, 1.807) is 6.07 Å². The van der Waals surface area contributed by atoms with Gasteiger partial charge in [0.05, 0.1) is 0 Å². The van der Waals surface area contributed by atoms with Crippen molar-refractivity contribution in [2.45, 2.75) is 64.7 Å². The normalized spacial score (nSPS) is 12.6. The van der Waals surface area contributed by atoms with E-state index < -0.39 is 0 Å². The highest BCUT2D eigenvalue weighted by molar-refractivity contribution is 5.34. The lowest BCUT2D eigenvalue weighted by Crippen LogP contribution is -1.94. The molecule has 0 radical (unpaired) electrons. The quantitative estimate of drug-likeness (QED) is 0.609. The van der Waals surface area contributed by atoms with Crippen LogP contribution in [0.25, 0.3) is 0 Å². The molecule has 0 aliphatic carbocycles. The monoisotopic (exact) mass is 234 g/mol. The molecule has 0 heterocycles. The SMILES string of the molecule is CCCCCCCCC(C)c1ccccc1O. The van der Waals surface area contributed by atoms with Crippen molar-refractivity contribution in [2.24, 2.45) is 0 Å². The van der Waals surface area contributed by atoms with Crippen LogP contribution in [-0.2, 0) is 0 Å². The summed E-state index contributed by atoms with van der Waals surface area (Å²) in [5.74, 6) is 0.924. The summed E-state index contributed by atoms with van der Waals surface area (Å²) in [4.78, 5) is 0. The number of unbranched alkanes of at least 4 members (excludes halogenated alkanes) is 5. The highest BCUT2D eigenvalue weighted by Crippen LogP contribution is 2.28. The van der Waals surface area contributed by atoms with Crippen molar-refractivity contribution in [1.82, 2.24) is 0 Å². The molecular formula is C16H26O. The van der Waals surface area contributed by atoms with Gasteiger partial charge >= 0.3 is 0 Å². The van der Waals surface area contributed by atoms with Gasteiger partial charge in [0, 0.05) is 0 Å². The van der Waals surface area contributed by atoms with Gasteiger partial charge in [-0.15, -0.1) is 0 Å². The Labute approximate surface area is 106 Å². The number of hydrogen-bond donors (Lipinski definition) is 1. The number of phenolic OH excluding ortho intramolecular Hbond substituents is 1. The van der Waals surface area contributed by atoms with Crippen LogP contribution < -0.4 is 0 Å². The van der Waals surface area contributed by atoms with Crippen molar-refractivity contribution < 1.29 is 5.11 Å². The zero-order valence-corrected chi connectivity index (χ0v) is 11.3. The number of phenols is 1. The molecule has 96 valence electrons. The second kappa shape index (κ2) is 8.16. The molecule has 0 aliphatic heterocycles. The van der Waals surface area contributed by atoms with Crippen molar-refractivity contribution >= 4 is 0 Å². The highest BCUT2D eigenvalue weighted by atomic mass is 16.3. The van der Waals surface area contributed by atoms with Crippen LogP contribution in [0.2, 0.25) is 0 Å². The number of rotatable bonds is 8. The third kappa shape index (κ3) is 5.25. The van der Waals surface area contributed by atoms with E-state index in [4.69, 9.17) is 0 Å². The van der Waals surface area contributed by atoms with Crippen LogP contribution >= 0.6 is 0 Å². The van der Waals surface area contributed by atoms with Crippen LogP contribution in [0, 0.1) is 0 Å². The van der Waals surface area contributed by atoms with E-state index >= 15 is 0 Å². The first-order valence-corrected chi connectivity index (χ1v) is 7.03. The molecule has 1 heteroatoms. The number of para-hydroxylation sites is 1. The first-order valence-electron chi connectivity index (χ1n) is 7.03. The Hall–Kier alpha value is -0.980. The van der Waals surface area contributed by atoms with Gasteiger partial charge in [-0.05, 0) is 24.0 Å². The summed E-state index contributed by atoms with van der Waals surface area (Å²) in [5.41, 5.74) is 1.10. The fourth-order valence-electron chi connectivity index (χ4n) is 2.29. The zero-order chi connectivity index (χ0) is 12.5. The van der Waals surface area contributed by atoms with Gasteiger partial charge in [-0.1, -0.05) is 70.6 Å². The highest BCUT2D eigenvalue weighted by Gasteiger charge is 2.08. The van der Waals surface area contributed by atoms with Gasteiger partial charge in [0.25, 0.3) is 0 Å². The van der Waals surface area contributed by atoms with Crippen LogP contribution in [0.1, 0.15) is 70.3 Å². The number of benzene rings is 1. The predicted molar refractivity (Wildman–Crippen MR) is 74.5 cm³/mol. The molecule has 0 amide bonds. The van der Waals surface area contributed by atoms with Crippen LogP contribution in [0.4, 0.5) is 0 Å². The van der Waals surface area contributed by atoms with Gasteiger partial charge in [0.2, 0.25) is 0 Å². The van der Waals surface area contributed by atoms with E-state index in [0.717, 1.165) is 5.56 Å². The Morgan fingerprint density at radius 2 is 1.65 bits per heavy atom. The van der Waals surface area contributed by atoms with E-state index in [1.807, 2.05) is 18.2 Å². The molecule has 0 spiro atoms. The van der Waals surface area contributed by atoms with E-state index in [0.29, 0.717) is 11.7 Å². The first-order chi connectivity index (χ1) is 8.25. The molecule has 1 aromatic rings.